The van der Waals surface area contributed by atoms with Crippen molar-refractivity contribution in [2.75, 3.05) is 13.2 Å². The minimum absolute atomic E-state index is 0.0798. The van der Waals surface area contributed by atoms with Crippen LogP contribution in [0.3, 0.4) is 0 Å². The van der Waals surface area contributed by atoms with Gasteiger partial charge in [-0.15, -0.1) is 0 Å². The first-order chi connectivity index (χ1) is 8.08. The van der Waals surface area contributed by atoms with Crippen LogP contribution in [-0.4, -0.2) is 36.8 Å². The van der Waals surface area contributed by atoms with Gasteiger partial charge in [0.05, 0.1) is 0 Å². The van der Waals surface area contributed by atoms with Crippen LogP contribution in [0.5, 0.6) is 0 Å². The molecule has 8 heteroatoms. The predicted octanol–water partition coefficient (Wildman–Crippen LogP) is 3.23. The molecule has 0 aromatic carbocycles. The Morgan fingerprint density at radius 1 is 0.833 bits per heavy atom. The monoisotopic (exact) mass is 278 g/mol. The van der Waals surface area contributed by atoms with E-state index in [0.29, 0.717) is 0 Å². The third-order valence-electron chi connectivity index (χ3n) is 2.47. The number of rotatable bonds is 4. The first kappa shape index (κ1) is 15.3. The first-order valence-electron chi connectivity index (χ1n) is 5.19. The van der Waals surface area contributed by atoms with E-state index in [-0.39, 0.29) is 6.08 Å². The maximum Gasteiger partial charge on any atom is 0.377 e. The molecule has 1 rings (SSSR count). The zero-order valence-electron chi connectivity index (χ0n) is 9.65. The second-order valence-corrected chi connectivity index (χ2v) is 3.64. The van der Waals surface area contributed by atoms with Crippen LogP contribution >= 0.6 is 0 Å². The van der Waals surface area contributed by atoms with Crippen LogP contribution in [0.4, 0.5) is 26.3 Å². The first-order valence-corrected chi connectivity index (χ1v) is 5.19. The smallest absolute Gasteiger partial charge is 0.338 e. The Morgan fingerprint density at radius 2 is 1.33 bits per heavy atom. The van der Waals surface area contributed by atoms with Gasteiger partial charge in [0, 0.05) is 13.2 Å². The summed E-state index contributed by atoms with van der Waals surface area (Å²) in [4.78, 5) is 0. The minimum Gasteiger partial charge on any atom is -0.338 e. The van der Waals surface area contributed by atoms with E-state index in [1.807, 2.05) is 0 Å². The van der Waals surface area contributed by atoms with E-state index in [1.165, 1.54) is 6.92 Å². The highest BCUT2D eigenvalue weighted by Crippen LogP contribution is 2.56. The van der Waals surface area contributed by atoms with Crippen molar-refractivity contribution >= 4 is 0 Å². The Hall–Kier alpha value is -0.760. The summed E-state index contributed by atoms with van der Waals surface area (Å²) < 4.78 is 89.1. The molecule has 2 nitrogen and oxygen atoms in total. The second-order valence-electron chi connectivity index (χ2n) is 3.64. The van der Waals surface area contributed by atoms with Gasteiger partial charge in [-0.2, -0.15) is 22.0 Å². The molecule has 0 radical (unpaired) electrons. The quantitative estimate of drug-likeness (QED) is 0.580. The van der Waals surface area contributed by atoms with Gasteiger partial charge in [-0.3, -0.25) is 0 Å². The number of hydrogen-bond acceptors (Lipinski definition) is 2. The average molecular weight is 278 g/mol. The number of allylic oxidation sites excluding steroid dienone is 1. The summed E-state index contributed by atoms with van der Waals surface area (Å²) in [5, 5.41) is 0. The molecule has 2 atom stereocenters. The number of ether oxygens (including phenoxy) is 2. The van der Waals surface area contributed by atoms with Crippen LogP contribution in [0.1, 0.15) is 13.8 Å². The van der Waals surface area contributed by atoms with Crippen molar-refractivity contribution < 1.29 is 35.8 Å². The fourth-order valence-corrected chi connectivity index (χ4v) is 1.59. The van der Waals surface area contributed by atoms with Crippen molar-refractivity contribution in [1.82, 2.24) is 0 Å². The van der Waals surface area contributed by atoms with Crippen LogP contribution < -0.4 is 0 Å². The summed E-state index contributed by atoms with van der Waals surface area (Å²) in [6.07, 6.45) is -0.497. The number of alkyl halides is 6. The molecule has 18 heavy (non-hydrogen) atoms. The molecule has 1 aliphatic carbocycles. The SMILES string of the molecule is CCOC1(F)C=CC(F)(F)C(F)(F)C1(F)OCC. The van der Waals surface area contributed by atoms with E-state index in [0.717, 1.165) is 6.92 Å². The highest BCUT2D eigenvalue weighted by atomic mass is 19.3. The third kappa shape index (κ3) is 1.82. The molecular weight excluding hydrogens is 266 g/mol. The van der Waals surface area contributed by atoms with Crippen molar-refractivity contribution in [2.45, 2.75) is 37.4 Å². The molecule has 106 valence electrons. The minimum atomic E-state index is -5.39. The summed E-state index contributed by atoms with van der Waals surface area (Å²) in [5.74, 6) is -18.6. The van der Waals surface area contributed by atoms with Crippen LogP contribution in [0.15, 0.2) is 12.2 Å². The van der Waals surface area contributed by atoms with Crippen LogP contribution in [0, 0.1) is 0 Å². The van der Waals surface area contributed by atoms with E-state index in [4.69, 9.17) is 0 Å². The Labute approximate surface area is 99.5 Å². The lowest BCUT2D eigenvalue weighted by Gasteiger charge is -2.45. The van der Waals surface area contributed by atoms with Crippen molar-refractivity contribution in [3.63, 3.8) is 0 Å². The molecule has 1 aliphatic rings. The lowest BCUT2D eigenvalue weighted by Crippen LogP contribution is -2.69. The molecule has 0 bridgehead atoms. The van der Waals surface area contributed by atoms with Gasteiger partial charge in [0.1, 0.15) is 0 Å². The molecule has 0 aliphatic heterocycles. The zero-order valence-corrected chi connectivity index (χ0v) is 9.65. The Balaban J connectivity index is 3.38. The number of hydrogen-bond donors (Lipinski definition) is 0. The lowest BCUT2D eigenvalue weighted by molar-refractivity contribution is -0.413. The van der Waals surface area contributed by atoms with Crippen LogP contribution in [0.2, 0.25) is 0 Å². The van der Waals surface area contributed by atoms with Crippen molar-refractivity contribution in [2.24, 2.45) is 0 Å². The summed E-state index contributed by atoms with van der Waals surface area (Å²) >= 11 is 0. The fourth-order valence-electron chi connectivity index (χ4n) is 1.59. The maximum atomic E-state index is 14.1. The van der Waals surface area contributed by atoms with Gasteiger partial charge in [0.25, 0.3) is 5.85 Å². The fraction of sp³-hybridized carbons (Fsp3) is 0.800. The summed E-state index contributed by atoms with van der Waals surface area (Å²) in [5.41, 5.74) is 0. The summed E-state index contributed by atoms with van der Waals surface area (Å²) in [6.45, 7) is 1.04. The van der Waals surface area contributed by atoms with E-state index in [9.17, 15) is 26.3 Å². The van der Waals surface area contributed by atoms with Crippen molar-refractivity contribution in [3.05, 3.63) is 12.2 Å². The normalized spacial score (nSPS) is 37.8. The van der Waals surface area contributed by atoms with Gasteiger partial charge >= 0.3 is 17.7 Å². The maximum absolute atomic E-state index is 14.1. The topological polar surface area (TPSA) is 18.5 Å². The Kier molecular flexibility index (Phi) is 3.75. The van der Waals surface area contributed by atoms with Gasteiger partial charge < -0.3 is 9.47 Å². The molecule has 0 amide bonds. The largest absolute Gasteiger partial charge is 0.377 e. The predicted molar refractivity (Wildman–Crippen MR) is 50.0 cm³/mol. The molecule has 2 unspecified atom stereocenters. The molecule has 0 aromatic heterocycles. The summed E-state index contributed by atoms with van der Waals surface area (Å²) in [6, 6.07) is 0. The van der Waals surface area contributed by atoms with E-state index in [1.54, 1.807) is 0 Å². The van der Waals surface area contributed by atoms with E-state index in [2.05, 4.69) is 9.47 Å². The molecule has 0 fully saturated rings. The third-order valence-corrected chi connectivity index (χ3v) is 2.47. The molecular formula is C10H12F6O2. The second kappa shape index (κ2) is 4.41. The Morgan fingerprint density at radius 3 is 1.78 bits per heavy atom. The van der Waals surface area contributed by atoms with Crippen molar-refractivity contribution in [3.8, 4) is 0 Å². The van der Waals surface area contributed by atoms with Gasteiger partial charge in [0.15, 0.2) is 0 Å². The standard InChI is InChI=1S/C10H12F6O2/c1-3-17-8(13)6-5-7(11,12)9(14,15)10(8,16)18-4-2/h5-6H,3-4H2,1-2H3. The molecule has 0 saturated carbocycles. The Bertz CT molecular complexity index is 345. The highest BCUT2D eigenvalue weighted by molar-refractivity contribution is 5.24. The van der Waals surface area contributed by atoms with Gasteiger partial charge in [-0.05, 0) is 26.0 Å². The summed E-state index contributed by atoms with van der Waals surface area (Å²) in [7, 11) is 0. The van der Waals surface area contributed by atoms with Gasteiger partial charge in [0.2, 0.25) is 0 Å². The highest BCUT2D eigenvalue weighted by Gasteiger charge is 2.81. The molecule has 0 spiro atoms. The molecule has 0 aromatic rings. The van der Waals surface area contributed by atoms with Crippen molar-refractivity contribution in [1.29, 1.82) is 0 Å². The number of halogens is 6. The van der Waals surface area contributed by atoms with E-state index < -0.39 is 42.8 Å². The average Bonchev–Trinajstić information content (AvgIpc) is 2.25. The zero-order chi connectivity index (χ0) is 14.2. The van der Waals surface area contributed by atoms with E-state index >= 15 is 0 Å². The van der Waals surface area contributed by atoms with Crippen LogP contribution in [-0.2, 0) is 9.47 Å². The van der Waals surface area contributed by atoms with Crippen LogP contribution in [0.25, 0.3) is 0 Å². The lowest BCUT2D eigenvalue weighted by atomic mass is 9.89. The van der Waals surface area contributed by atoms with Gasteiger partial charge in [-0.1, -0.05) is 0 Å². The molecule has 0 N–H and O–H groups in total. The van der Waals surface area contributed by atoms with Gasteiger partial charge in [-0.25, -0.2) is 4.39 Å². The molecule has 0 heterocycles. The molecule has 0 saturated heterocycles.